The van der Waals surface area contributed by atoms with Gasteiger partial charge in [0, 0.05) is 19.3 Å². The van der Waals surface area contributed by atoms with Crippen LogP contribution in [0.4, 0.5) is 0 Å². The summed E-state index contributed by atoms with van der Waals surface area (Å²) < 4.78 is 10.6. The maximum atomic E-state index is 11.8. The van der Waals surface area contributed by atoms with E-state index in [2.05, 4.69) is 10.6 Å². The summed E-state index contributed by atoms with van der Waals surface area (Å²) in [5, 5.41) is 6.21. The van der Waals surface area contributed by atoms with E-state index in [9.17, 15) is 4.79 Å². The molecule has 0 saturated carbocycles. The molecule has 1 amide bonds. The maximum Gasteiger partial charge on any atom is 0.234 e. The number of nitrogens with one attached hydrogen (secondary N) is 2. The first-order valence-corrected chi connectivity index (χ1v) is 7.49. The average molecular weight is 292 g/mol. The highest BCUT2D eigenvalue weighted by atomic mass is 16.5. The van der Waals surface area contributed by atoms with Crippen LogP contribution in [0.3, 0.4) is 0 Å². The molecular formula is C16H24N2O3. The Morgan fingerprint density at radius 1 is 1.33 bits per heavy atom. The fourth-order valence-electron chi connectivity index (χ4n) is 2.46. The number of rotatable bonds is 7. The molecule has 1 aromatic carbocycles. The van der Waals surface area contributed by atoms with E-state index in [1.54, 1.807) is 7.11 Å². The van der Waals surface area contributed by atoms with E-state index in [0.717, 1.165) is 50.3 Å². The molecular weight excluding hydrogens is 268 g/mol. The molecule has 1 aliphatic heterocycles. The zero-order valence-electron chi connectivity index (χ0n) is 12.6. The smallest absolute Gasteiger partial charge is 0.234 e. The average Bonchev–Trinajstić information content (AvgIpc) is 2.53. The summed E-state index contributed by atoms with van der Waals surface area (Å²) in [6, 6.07) is 8.21. The maximum absolute atomic E-state index is 11.8. The fourth-order valence-corrected chi connectivity index (χ4v) is 2.46. The Bertz CT molecular complexity index is 445. The molecule has 0 spiro atoms. The van der Waals surface area contributed by atoms with Crippen LogP contribution in [-0.4, -0.2) is 45.4 Å². The minimum absolute atomic E-state index is 0.0573. The molecule has 2 N–H and O–H groups in total. The van der Waals surface area contributed by atoms with Gasteiger partial charge in [0.1, 0.15) is 5.75 Å². The van der Waals surface area contributed by atoms with Gasteiger partial charge < -0.3 is 20.1 Å². The monoisotopic (exact) mass is 292 g/mol. The first kappa shape index (κ1) is 15.8. The Labute approximate surface area is 126 Å². The standard InChI is InChI=1S/C16H24N2O3/c1-20-15-5-3-2-4-13(15)6-9-17-12-16(19)18-14-7-10-21-11-8-14/h2-5,14,17H,6-12H2,1H3,(H,18,19). The van der Waals surface area contributed by atoms with Gasteiger partial charge in [-0.2, -0.15) is 0 Å². The van der Waals surface area contributed by atoms with Crippen LogP contribution in [0.15, 0.2) is 24.3 Å². The highest BCUT2D eigenvalue weighted by Crippen LogP contribution is 2.17. The Hall–Kier alpha value is -1.59. The van der Waals surface area contributed by atoms with Gasteiger partial charge >= 0.3 is 0 Å². The van der Waals surface area contributed by atoms with Crippen molar-refractivity contribution in [3.8, 4) is 5.75 Å². The molecule has 0 unspecified atom stereocenters. The van der Waals surface area contributed by atoms with Crippen LogP contribution in [0.1, 0.15) is 18.4 Å². The summed E-state index contributed by atoms with van der Waals surface area (Å²) in [5.74, 6) is 0.952. The Kier molecular flexibility index (Phi) is 6.50. The van der Waals surface area contributed by atoms with Crippen molar-refractivity contribution in [1.29, 1.82) is 0 Å². The van der Waals surface area contributed by atoms with Gasteiger partial charge in [-0.3, -0.25) is 4.79 Å². The summed E-state index contributed by atoms with van der Waals surface area (Å²) in [6.07, 6.45) is 2.66. The summed E-state index contributed by atoms with van der Waals surface area (Å²) in [5.41, 5.74) is 1.15. The molecule has 21 heavy (non-hydrogen) atoms. The topological polar surface area (TPSA) is 59.6 Å². The van der Waals surface area contributed by atoms with Crippen molar-refractivity contribution in [2.75, 3.05) is 33.4 Å². The van der Waals surface area contributed by atoms with Crippen molar-refractivity contribution in [3.05, 3.63) is 29.8 Å². The molecule has 5 nitrogen and oxygen atoms in total. The van der Waals surface area contributed by atoms with E-state index in [1.165, 1.54) is 0 Å². The van der Waals surface area contributed by atoms with Crippen molar-refractivity contribution < 1.29 is 14.3 Å². The number of carbonyl (C=O) groups excluding carboxylic acids is 1. The zero-order chi connectivity index (χ0) is 14.9. The highest BCUT2D eigenvalue weighted by molar-refractivity contribution is 5.78. The van der Waals surface area contributed by atoms with E-state index in [4.69, 9.17) is 9.47 Å². The molecule has 1 fully saturated rings. The van der Waals surface area contributed by atoms with Crippen LogP contribution in [0.5, 0.6) is 5.75 Å². The number of methoxy groups -OCH3 is 1. The predicted molar refractivity (Wildman–Crippen MR) is 81.6 cm³/mol. The third-order valence-corrected chi connectivity index (χ3v) is 3.64. The molecule has 5 heteroatoms. The first-order chi connectivity index (χ1) is 10.3. The third-order valence-electron chi connectivity index (χ3n) is 3.64. The number of para-hydroxylation sites is 1. The molecule has 0 aromatic heterocycles. The fraction of sp³-hybridized carbons (Fsp3) is 0.562. The van der Waals surface area contributed by atoms with E-state index >= 15 is 0 Å². The van der Waals surface area contributed by atoms with Gasteiger partial charge in [-0.15, -0.1) is 0 Å². The van der Waals surface area contributed by atoms with Crippen LogP contribution < -0.4 is 15.4 Å². The lowest BCUT2D eigenvalue weighted by molar-refractivity contribution is -0.121. The summed E-state index contributed by atoms with van der Waals surface area (Å²) in [7, 11) is 1.67. The minimum Gasteiger partial charge on any atom is -0.496 e. The molecule has 0 aliphatic carbocycles. The molecule has 1 aromatic rings. The van der Waals surface area contributed by atoms with Crippen molar-refractivity contribution in [1.82, 2.24) is 10.6 Å². The Balaban J connectivity index is 1.63. The summed E-state index contributed by atoms with van der Waals surface area (Å²) in [4.78, 5) is 11.8. The van der Waals surface area contributed by atoms with E-state index < -0.39 is 0 Å². The number of amides is 1. The largest absolute Gasteiger partial charge is 0.496 e. The van der Waals surface area contributed by atoms with Crippen molar-refractivity contribution in [2.24, 2.45) is 0 Å². The number of ether oxygens (including phenoxy) is 2. The third kappa shape index (κ3) is 5.36. The molecule has 1 aliphatic rings. The van der Waals surface area contributed by atoms with Crippen LogP contribution in [0.2, 0.25) is 0 Å². The quantitative estimate of drug-likeness (QED) is 0.740. The zero-order valence-corrected chi connectivity index (χ0v) is 12.6. The Morgan fingerprint density at radius 3 is 2.86 bits per heavy atom. The van der Waals surface area contributed by atoms with Crippen molar-refractivity contribution >= 4 is 5.91 Å². The Morgan fingerprint density at radius 2 is 2.10 bits per heavy atom. The molecule has 0 bridgehead atoms. The lowest BCUT2D eigenvalue weighted by Crippen LogP contribution is -2.43. The molecule has 1 saturated heterocycles. The number of carbonyl (C=O) groups is 1. The second kappa shape index (κ2) is 8.64. The predicted octanol–water partition coefficient (Wildman–Crippen LogP) is 1.12. The van der Waals surface area contributed by atoms with Crippen LogP contribution in [-0.2, 0) is 16.0 Å². The van der Waals surface area contributed by atoms with Crippen molar-refractivity contribution in [2.45, 2.75) is 25.3 Å². The van der Waals surface area contributed by atoms with Crippen LogP contribution in [0, 0.1) is 0 Å². The molecule has 1 heterocycles. The van der Waals surface area contributed by atoms with Crippen LogP contribution >= 0.6 is 0 Å². The van der Waals surface area contributed by atoms with Gasteiger partial charge in [-0.1, -0.05) is 18.2 Å². The lowest BCUT2D eigenvalue weighted by atomic mass is 10.1. The molecule has 0 radical (unpaired) electrons. The normalized spacial score (nSPS) is 15.7. The number of hydrogen-bond donors (Lipinski definition) is 2. The highest BCUT2D eigenvalue weighted by Gasteiger charge is 2.15. The minimum atomic E-state index is 0.0573. The van der Waals surface area contributed by atoms with E-state index in [1.807, 2.05) is 24.3 Å². The second-order valence-corrected chi connectivity index (χ2v) is 5.19. The van der Waals surface area contributed by atoms with Gasteiger partial charge in [0.25, 0.3) is 0 Å². The number of hydrogen-bond acceptors (Lipinski definition) is 4. The second-order valence-electron chi connectivity index (χ2n) is 5.19. The molecule has 116 valence electrons. The van der Waals surface area contributed by atoms with E-state index in [-0.39, 0.29) is 11.9 Å². The molecule has 0 atom stereocenters. The van der Waals surface area contributed by atoms with Crippen molar-refractivity contribution in [3.63, 3.8) is 0 Å². The van der Waals surface area contributed by atoms with Gasteiger partial charge in [-0.25, -0.2) is 0 Å². The molecule has 2 rings (SSSR count). The van der Waals surface area contributed by atoms with Gasteiger partial charge in [0.05, 0.1) is 13.7 Å². The summed E-state index contributed by atoms with van der Waals surface area (Å²) >= 11 is 0. The lowest BCUT2D eigenvalue weighted by Gasteiger charge is -2.23. The van der Waals surface area contributed by atoms with Gasteiger partial charge in [-0.05, 0) is 37.4 Å². The van der Waals surface area contributed by atoms with Gasteiger partial charge in [0.2, 0.25) is 5.91 Å². The van der Waals surface area contributed by atoms with Gasteiger partial charge in [0.15, 0.2) is 0 Å². The summed E-state index contributed by atoms with van der Waals surface area (Å²) in [6.45, 7) is 2.59. The van der Waals surface area contributed by atoms with Crippen LogP contribution in [0.25, 0.3) is 0 Å². The first-order valence-electron chi connectivity index (χ1n) is 7.49. The van der Waals surface area contributed by atoms with E-state index in [0.29, 0.717) is 6.54 Å². The SMILES string of the molecule is COc1ccccc1CCNCC(=O)NC1CCOCC1. The number of benzene rings is 1.